The summed E-state index contributed by atoms with van der Waals surface area (Å²) >= 11 is 0. The summed E-state index contributed by atoms with van der Waals surface area (Å²) in [6.45, 7) is 0.0960. The number of aromatic nitrogens is 2. The van der Waals surface area contributed by atoms with Crippen LogP contribution in [0.2, 0.25) is 0 Å². The fraction of sp³-hybridized carbons (Fsp3) is 0.200. The van der Waals surface area contributed by atoms with Crippen molar-refractivity contribution in [2.45, 2.75) is 19.3 Å². The Kier molecular flexibility index (Phi) is 4.76. The van der Waals surface area contributed by atoms with Crippen LogP contribution in [0.1, 0.15) is 19.3 Å². The number of fused-ring (bicyclic) bond motifs is 1. The Labute approximate surface area is 160 Å². The Bertz CT molecular complexity index is 1030. The standard InChI is InChI=1S/C20H18N4O4/c25-17(9-11-24-19(26)6-7-20(24)27)23-13-4-5-18(22-12-13)28-16-3-1-2-15-14(16)8-10-21-15/h1-5,8,10,12,21H,6-7,9,11H2,(H,23,25). The van der Waals surface area contributed by atoms with Crippen LogP contribution in [-0.4, -0.2) is 39.1 Å². The van der Waals surface area contributed by atoms with Crippen molar-refractivity contribution in [3.8, 4) is 11.6 Å². The van der Waals surface area contributed by atoms with E-state index >= 15 is 0 Å². The lowest BCUT2D eigenvalue weighted by Crippen LogP contribution is -2.32. The van der Waals surface area contributed by atoms with Crippen LogP contribution in [0.4, 0.5) is 5.69 Å². The molecular formula is C20H18N4O4. The number of anilines is 1. The number of carbonyl (C=O) groups excluding carboxylic acids is 3. The number of nitrogens with one attached hydrogen (secondary N) is 2. The van der Waals surface area contributed by atoms with Crippen LogP contribution in [0.25, 0.3) is 10.9 Å². The van der Waals surface area contributed by atoms with E-state index in [1.54, 1.807) is 12.1 Å². The predicted molar refractivity (Wildman–Crippen MR) is 102 cm³/mol. The minimum Gasteiger partial charge on any atom is -0.438 e. The molecule has 0 spiro atoms. The quantitative estimate of drug-likeness (QED) is 0.642. The van der Waals surface area contributed by atoms with E-state index in [0.29, 0.717) is 17.3 Å². The number of rotatable bonds is 6. The molecule has 1 fully saturated rings. The molecule has 1 aliphatic heterocycles. The number of likely N-dealkylation sites (tertiary alicyclic amines) is 1. The van der Waals surface area contributed by atoms with Crippen LogP contribution in [0, 0.1) is 0 Å². The minimum atomic E-state index is -0.292. The molecular weight excluding hydrogens is 360 g/mol. The van der Waals surface area contributed by atoms with E-state index in [2.05, 4.69) is 15.3 Å². The molecule has 3 heterocycles. The second kappa shape index (κ2) is 7.51. The average Bonchev–Trinajstić information content (AvgIpc) is 3.29. The number of hydrogen-bond acceptors (Lipinski definition) is 5. The van der Waals surface area contributed by atoms with Crippen molar-refractivity contribution in [3.05, 3.63) is 48.8 Å². The molecule has 28 heavy (non-hydrogen) atoms. The number of H-pyrrole nitrogens is 1. The summed E-state index contributed by atoms with van der Waals surface area (Å²) in [5.41, 5.74) is 1.48. The molecule has 0 saturated carbocycles. The molecule has 0 aliphatic carbocycles. The summed E-state index contributed by atoms with van der Waals surface area (Å²) in [5.74, 6) is 0.347. The Hall–Kier alpha value is -3.68. The first-order chi connectivity index (χ1) is 13.6. The van der Waals surface area contributed by atoms with Gasteiger partial charge in [0.1, 0.15) is 5.75 Å². The zero-order valence-electron chi connectivity index (χ0n) is 15.0. The number of benzene rings is 1. The van der Waals surface area contributed by atoms with E-state index in [0.717, 1.165) is 15.8 Å². The highest BCUT2D eigenvalue weighted by Crippen LogP contribution is 2.28. The van der Waals surface area contributed by atoms with Crippen LogP contribution >= 0.6 is 0 Å². The molecule has 0 atom stereocenters. The number of aromatic amines is 1. The Morgan fingerprint density at radius 2 is 1.96 bits per heavy atom. The number of carbonyl (C=O) groups is 3. The van der Waals surface area contributed by atoms with Crippen molar-refractivity contribution in [2.24, 2.45) is 0 Å². The topological polar surface area (TPSA) is 104 Å². The molecule has 4 rings (SSSR count). The monoisotopic (exact) mass is 378 g/mol. The van der Waals surface area contributed by atoms with Crippen LogP contribution in [0.5, 0.6) is 11.6 Å². The third kappa shape index (κ3) is 3.71. The molecule has 142 valence electrons. The molecule has 8 nitrogen and oxygen atoms in total. The molecule has 2 N–H and O–H groups in total. The highest BCUT2D eigenvalue weighted by atomic mass is 16.5. The lowest BCUT2D eigenvalue weighted by atomic mass is 10.2. The van der Waals surface area contributed by atoms with Crippen molar-refractivity contribution in [1.29, 1.82) is 0 Å². The largest absolute Gasteiger partial charge is 0.438 e. The lowest BCUT2D eigenvalue weighted by molar-refractivity contribution is -0.138. The molecule has 3 amide bonds. The summed E-state index contributed by atoms with van der Waals surface area (Å²) in [6, 6.07) is 11.0. The second-order valence-electron chi connectivity index (χ2n) is 6.42. The van der Waals surface area contributed by atoms with E-state index in [1.807, 2.05) is 30.5 Å². The second-order valence-corrected chi connectivity index (χ2v) is 6.42. The van der Waals surface area contributed by atoms with Crippen molar-refractivity contribution >= 4 is 34.3 Å². The Morgan fingerprint density at radius 1 is 1.14 bits per heavy atom. The van der Waals surface area contributed by atoms with Crippen LogP contribution < -0.4 is 10.1 Å². The number of nitrogens with zero attached hydrogens (tertiary/aromatic N) is 2. The van der Waals surface area contributed by atoms with Crippen molar-refractivity contribution in [2.75, 3.05) is 11.9 Å². The zero-order valence-corrected chi connectivity index (χ0v) is 15.0. The number of amides is 3. The maximum atomic E-state index is 12.1. The molecule has 8 heteroatoms. The summed E-state index contributed by atoms with van der Waals surface area (Å²) in [5, 5.41) is 3.65. The molecule has 2 aromatic heterocycles. The van der Waals surface area contributed by atoms with Gasteiger partial charge in [0.15, 0.2) is 0 Å². The van der Waals surface area contributed by atoms with Crippen LogP contribution in [0.15, 0.2) is 48.8 Å². The average molecular weight is 378 g/mol. The number of ether oxygens (including phenoxy) is 1. The summed E-state index contributed by atoms with van der Waals surface area (Å²) in [7, 11) is 0. The van der Waals surface area contributed by atoms with E-state index in [9.17, 15) is 14.4 Å². The van der Waals surface area contributed by atoms with Gasteiger partial charge in [-0.2, -0.15) is 0 Å². The van der Waals surface area contributed by atoms with Gasteiger partial charge in [0.25, 0.3) is 0 Å². The van der Waals surface area contributed by atoms with Crippen LogP contribution in [0.3, 0.4) is 0 Å². The fourth-order valence-corrected chi connectivity index (χ4v) is 3.08. The van der Waals surface area contributed by atoms with E-state index in [4.69, 9.17) is 4.74 Å². The summed E-state index contributed by atoms with van der Waals surface area (Å²) in [6.07, 6.45) is 3.83. The van der Waals surface area contributed by atoms with Crippen molar-refractivity contribution in [1.82, 2.24) is 14.9 Å². The Morgan fingerprint density at radius 3 is 2.71 bits per heavy atom. The van der Waals surface area contributed by atoms with Gasteiger partial charge >= 0.3 is 0 Å². The normalized spacial score (nSPS) is 13.9. The number of imide groups is 1. The van der Waals surface area contributed by atoms with Crippen molar-refractivity contribution in [3.63, 3.8) is 0 Å². The Balaban J connectivity index is 1.34. The summed E-state index contributed by atoms with van der Waals surface area (Å²) < 4.78 is 5.82. The van der Waals surface area contributed by atoms with Gasteiger partial charge in [-0.15, -0.1) is 0 Å². The number of hydrogen-bond donors (Lipinski definition) is 2. The maximum Gasteiger partial charge on any atom is 0.229 e. The molecule has 1 aromatic carbocycles. The fourth-order valence-electron chi connectivity index (χ4n) is 3.08. The molecule has 0 radical (unpaired) electrons. The van der Waals surface area contributed by atoms with E-state index in [1.165, 1.54) is 6.20 Å². The summed E-state index contributed by atoms with van der Waals surface area (Å²) in [4.78, 5) is 43.6. The molecule has 0 bridgehead atoms. The van der Waals surface area contributed by atoms with Crippen LogP contribution in [-0.2, 0) is 14.4 Å². The van der Waals surface area contributed by atoms with Gasteiger partial charge in [0.05, 0.1) is 11.9 Å². The van der Waals surface area contributed by atoms with Crippen molar-refractivity contribution < 1.29 is 19.1 Å². The first-order valence-corrected chi connectivity index (χ1v) is 8.93. The third-order valence-corrected chi connectivity index (χ3v) is 4.51. The SMILES string of the molecule is O=C(CCN1C(=O)CCC1=O)Nc1ccc(Oc2cccc3[nH]ccc23)nc1. The third-order valence-electron chi connectivity index (χ3n) is 4.51. The molecule has 0 unspecified atom stereocenters. The maximum absolute atomic E-state index is 12.1. The molecule has 1 saturated heterocycles. The lowest BCUT2D eigenvalue weighted by Gasteiger charge is -2.13. The smallest absolute Gasteiger partial charge is 0.229 e. The number of pyridine rings is 1. The van der Waals surface area contributed by atoms with Gasteiger partial charge < -0.3 is 15.0 Å². The first kappa shape index (κ1) is 17.7. The zero-order chi connectivity index (χ0) is 19.5. The van der Waals surface area contributed by atoms with Gasteiger partial charge in [-0.25, -0.2) is 4.98 Å². The van der Waals surface area contributed by atoms with Gasteiger partial charge in [-0.3, -0.25) is 19.3 Å². The predicted octanol–water partition coefficient (Wildman–Crippen LogP) is 2.83. The first-order valence-electron chi connectivity index (χ1n) is 8.93. The highest BCUT2D eigenvalue weighted by Gasteiger charge is 2.28. The van der Waals surface area contributed by atoms with E-state index in [-0.39, 0.29) is 43.5 Å². The minimum absolute atomic E-state index is 0.0468. The van der Waals surface area contributed by atoms with Gasteiger partial charge in [0.2, 0.25) is 23.6 Å². The van der Waals surface area contributed by atoms with Gasteiger partial charge in [-0.05, 0) is 24.3 Å². The van der Waals surface area contributed by atoms with Gasteiger partial charge in [0, 0.05) is 49.0 Å². The van der Waals surface area contributed by atoms with E-state index < -0.39 is 0 Å². The molecule has 3 aromatic rings. The highest BCUT2D eigenvalue weighted by molar-refractivity contribution is 6.02. The van der Waals surface area contributed by atoms with Gasteiger partial charge in [-0.1, -0.05) is 6.07 Å². The molecule has 1 aliphatic rings.